The van der Waals surface area contributed by atoms with E-state index in [1.807, 2.05) is 16.8 Å². The molecule has 2 aromatic rings. The molecule has 0 aliphatic carbocycles. The predicted molar refractivity (Wildman–Crippen MR) is 95.5 cm³/mol. The summed E-state index contributed by atoms with van der Waals surface area (Å²) < 4.78 is 0. The van der Waals surface area contributed by atoms with Gasteiger partial charge in [0.15, 0.2) is 0 Å². The van der Waals surface area contributed by atoms with E-state index in [9.17, 15) is 9.59 Å². The number of carbonyl (C=O) groups is 2. The molecular formula is C16H19ClN4O2S. The quantitative estimate of drug-likeness (QED) is 0.895. The average molecular weight is 367 g/mol. The average Bonchev–Trinajstić information content (AvgIpc) is 3.15. The van der Waals surface area contributed by atoms with Crippen molar-refractivity contribution in [3.8, 4) is 0 Å². The summed E-state index contributed by atoms with van der Waals surface area (Å²) in [5, 5.41) is 3.75. The van der Waals surface area contributed by atoms with Gasteiger partial charge in [-0.1, -0.05) is 0 Å². The summed E-state index contributed by atoms with van der Waals surface area (Å²) in [6.45, 7) is 2.48. The lowest BCUT2D eigenvalue weighted by atomic mass is 10.1. The van der Waals surface area contributed by atoms with Crippen LogP contribution in [0.15, 0.2) is 35.2 Å². The first kappa shape index (κ1) is 18.4. The van der Waals surface area contributed by atoms with Crippen LogP contribution in [0.3, 0.4) is 0 Å². The van der Waals surface area contributed by atoms with Crippen molar-refractivity contribution < 1.29 is 9.59 Å². The van der Waals surface area contributed by atoms with Crippen LogP contribution in [0.4, 0.5) is 0 Å². The third-order valence-corrected chi connectivity index (χ3v) is 4.58. The summed E-state index contributed by atoms with van der Waals surface area (Å²) in [6, 6.07) is 5.26. The molecule has 0 aromatic carbocycles. The molecule has 2 aromatic heterocycles. The summed E-state index contributed by atoms with van der Waals surface area (Å²) in [5.74, 6) is -0.00240. The maximum absolute atomic E-state index is 12.5. The van der Waals surface area contributed by atoms with Gasteiger partial charge in [0.05, 0.1) is 11.3 Å². The zero-order chi connectivity index (χ0) is 16.2. The van der Waals surface area contributed by atoms with Crippen LogP contribution in [-0.2, 0) is 6.54 Å². The van der Waals surface area contributed by atoms with E-state index in [-0.39, 0.29) is 24.2 Å². The Hall–Kier alpha value is -1.96. The second-order valence-corrected chi connectivity index (χ2v) is 6.12. The first-order valence-corrected chi connectivity index (χ1v) is 8.39. The van der Waals surface area contributed by atoms with Crippen LogP contribution in [0.2, 0.25) is 0 Å². The molecule has 1 aliphatic heterocycles. The fraction of sp³-hybridized carbons (Fsp3) is 0.312. The van der Waals surface area contributed by atoms with E-state index < -0.39 is 0 Å². The number of halogens is 1. The Kier molecular flexibility index (Phi) is 6.30. The number of nitrogens with two attached hydrogens (primary N) is 1. The number of thiophene rings is 1. The van der Waals surface area contributed by atoms with Gasteiger partial charge in [0.1, 0.15) is 0 Å². The van der Waals surface area contributed by atoms with Crippen LogP contribution < -0.4 is 5.73 Å². The molecule has 24 heavy (non-hydrogen) atoms. The molecule has 0 spiro atoms. The minimum absolute atomic E-state index is 0. The summed E-state index contributed by atoms with van der Waals surface area (Å²) in [6.07, 6.45) is 1.60. The highest BCUT2D eigenvalue weighted by molar-refractivity contribution is 7.08. The molecule has 2 amide bonds. The van der Waals surface area contributed by atoms with Gasteiger partial charge >= 0.3 is 0 Å². The highest BCUT2D eigenvalue weighted by Crippen LogP contribution is 2.14. The monoisotopic (exact) mass is 366 g/mol. The molecule has 0 radical (unpaired) electrons. The number of amides is 2. The van der Waals surface area contributed by atoms with Gasteiger partial charge in [-0.25, -0.2) is 0 Å². The molecule has 1 saturated heterocycles. The second kappa shape index (κ2) is 8.23. The fourth-order valence-corrected chi connectivity index (χ4v) is 3.22. The lowest BCUT2D eigenvalue weighted by molar-refractivity contribution is 0.0535. The van der Waals surface area contributed by atoms with Gasteiger partial charge in [-0.15, -0.1) is 12.4 Å². The molecule has 0 atom stereocenters. The SMILES string of the molecule is Cl.NCc1cc(C(=O)N2CCN(C(=O)c3ccsc3)CC2)ccn1. The molecule has 8 heteroatoms. The summed E-state index contributed by atoms with van der Waals surface area (Å²) in [7, 11) is 0. The molecule has 0 saturated carbocycles. The van der Waals surface area contributed by atoms with E-state index in [2.05, 4.69) is 4.98 Å². The van der Waals surface area contributed by atoms with E-state index in [1.165, 1.54) is 11.3 Å². The molecule has 2 N–H and O–H groups in total. The van der Waals surface area contributed by atoms with Gasteiger partial charge in [-0.05, 0) is 23.6 Å². The van der Waals surface area contributed by atoms with Crippen molar-refractivity contribution >= 4 is 35.6 Å². The third-order valence-electron chi connectivity index (χ3n) is 3.89. The van der Waals surface area contributed by atoms with Gasteiger partial charge in [-0.3, -0.25) is 14.6 Å². The summed E-state index contributed by atoms with van der Waals surface area (Å²) in [4.78, 5) is 32.5. The Morgan fingerprint density at radius 2 is 1.71 bits per heavy atom. The van der Waals surface area contributed by atoms with Crippen molar-refractivity contribution in [3.63, 3.8) is 0 Å². The van der Waals surface area contributed by atoms with Crippen molar-refractivity contribution in [1.82, 2.24) is 14.8 Å². The van der Waals surface area contributed by atoms with Gasteiger partial charge in [0, 0.05) is 49.9 Å². The zero-order valence-electron chi connectivity index (χ0n) is 13.1. The first-order chi connectivity index (χ1) is 11.2. The number of aromatic nitrogens is 1. The smallest absolute Gasteiger partial charge is 0.254 e. The Bertz CT molecular complexity index is 700. The largest absolute Gasteiger partial charge is 0.335 e. The Balaban J connectivity index is 0.00000208. The van der Waals surface area contributed by atoms with Gasteiger partial charge in [-0.2, -0.15) is 11.3 Å². The summed E-state index contributed by atoms with van der Waals surface area (Å²) in [5.41, 5.74) is 7.58. The molecule has 1 aliphatic rings. The molecule has 1 fully saturated rings. The van der Waals surface area contributed by atoms with Crippen molar-refractivity contribution in [1.29, 1.82) is 0 Å². The minimum atomic E-state index is -0.0373. The molecule has 0 unspecified atom stereocenters. The van der Waals surface area contributed by atoms with Crippen LogP contribution in [0, 0.1) is 0 Å². The summed E-state index contributed by atoms with van der Waals surface area (Å²) >= 11 is 1.51. The van der Waals surface area contributed by atoms with E-state index in [1.54, 1.807) is 28.1 Å². The van der Waals surface area contributed by atoms with Gasteiger partial charge in [0.2, 0.25) is 0 Å². The van der Waals surface area contributed by atoms with E-state index in [0.29, 0.717) is 44.0 Å². The lowest BCUT2D eigenvalue weighted by Gasteiger charge is -2.34. The highest BCUT2D eigenvalue weighted by Gasteiger charge is 2.25. The van der Waals surface area contributed by atoms with Crippen LogP contribution in [-0.4, -0.2) is 52.8 Å². The van der Waals surface area contributed by atoms with E-state index >= 15 is 0 Å². The molecular weight excluding hydrogens is 348 g/mol. The fourth-order valence-electron chi connectivity index (χ4n) is 2.59. The lowest BCUT2D eigenvalue weighted by Crippen LogP contribution is -2.50. The van der Waals surface area contributed by atoms with Crippen molar-refractivity contribution in [2.24, 2.45) is 5.73 Å². The Labute approximate surface area is 150 Å². The first-order valence-electron chi connectivity index (χ1n) is 7.45. The highest BCUT2D eigenvalue weighted by atomic mass is 35.5. The maximum atomic E-state index is 12.5. The minimum Gasteiger partial charge on any atom is -0.335 e. The van der Waals surface area contributed by atoms with E-state index in [0.717, 1.165) is 5.56 Å². The van der Waals surface area contributed by atoms with Gasteiger partial charge < -0.3 is 15.5 Å². The molecule has 128 valence electrons. The standard InChI is InChI=1S/C16H18N4O2S.ClH/c17-10-14-9-12(1-3-18-14)15(21)19-4-6-20(7-5-19)16(22)13-2-8-23-11-13;/h1-3,8-9,11H,4-7,10,17H2;1H. The predicted octanol–water partition coefficient (Wildman–Crippen LogP) is 1.62. The molecule has 3 heterocycles. The Morgan fingerprint density at radius 1 is 1.08 bits per heavy atom. The van der Waals surface area contributed by atoms with Crippen molar-refractivity contribution in [2.45, 2.75) is 6.54 Å². The van der Waals surface area contributed by atoms with Crippen molar-refractivity contribution in [2.75, 3.05) is 26.2 Å². The van der Waals surface area contributed by atoms with Gasteiger partial charge in [0.25, 0.3) is 11.8 Å². The zero-order valence-corrected chi connectivity index (χ0v) is 14.7. The third kappa shape index (κ3) is 3.92. The number of piperazine rings is 1. The van der Waals surface area contributed by atoms with Crippen LogP contribution in [0.25, 0.3) is 0 Å². The van der Waals surface area contributed by atoms with Crippen LogP contribution >= 0.6 is 23.7 Å². The number of carbonyl (C=O) groups excluding carboxylic acids is 2. The van der Waals surface area contributed by atoms with Crippen molar-refractivity contribution in [3.05, 3.63) is 52.0 Å². The van der Waals surface area contributed by atoms with Crippen LogP contribution in [0.1, 0.15) is 26.4 Å². The maximum Gasteiger partial charge on any atom is 0.254 e. The molecule has 0 bridgehead atoms. The van der Waals surface area contributed by atoms with Crippen LogP contribution in [0.5, 0.6) is 0 Å². The number of hydrogen-bond donors (Lipinski definition) is 1. The molecule has 6 nitrogen and oxygen atoms in total. The molecule has 3 rings (SSSR count). The number of hydrogen-bond acceptors (Lipinski definition) is 5. The number of nitrogens with zero attached hydrogens (tertiary/aromatic N) is 3. The number of rotatable bonds is 3. The number of pyridine rings is 1. The normalized spacial score (nSPS) is 14.2. The second-order valence-electron chi connectivity index (χ2n) is 5.34. The Morgan fingerprint density at radius 3 is 2.25 bits per heavy atom. The topological polar surface area (TPSA) is 79.5 Å². The van der Waals surface area contributed by atoms with E-state index in [4.69, 9.17) is 5.73 Å².